The number of para-hydroxylation sites is 2. The number of aromatic nitrogens is 1. The molecule has 0 atom stereocenters. The van der Waals surface area contributed by atoms with Gasteiger partial charge in [0, 0.05) is 18.9 Å². The van der Waals surface area contributed by atoms with E-state index in [1.54, 1.807) is 0 Å². The molecule has 3 nitrogen and oxygen atoms in total. The molecule has 15 heavy (non-hydrogen) atoms. The smallest absolute Gasteiger partial charge is 0.143 e. The van der Waals surface area contributed by atoms with Gasteiger partial charge in [-0.1, -0.05) is 12.1 Å². The lowest BCUT2D eigenvalue weighted by Gasteiger charge is -2.11. The van der Waals surface area contributed by atoms with Crippen LogP contribution in [-0.2, 0) is 0 Å². The molecular weight excluding hydrogens is 188 g/mol. The Morgan fingerprint density at radius 2 is 1.80 bits per heavy atom. The molecule has 0 fully saturated rings. The average molecular weight is 202 g/mol. The van der Waals surface area contributed by atoms with Crippen LogP contribution in [0.2, 0.25) is 0 Å². The molecule has 2 rings (SSSR count). The normalized spacial score (nSPS) is 10.2. The van der Waals surface area contributed by atoms with Crippen molar-refractivity contribution in [1.29, 1.82) is 0 Å². The zero-order chi connectivity index (χ0) is 10.5. The minimum absolute atomic E-state index is 0.528. The molecule has 0 radical (unpaired) electrons. The number of nitrogens with two attached hydrogens (primary N) is 1. The van der Waals surface area contributed by atoms with E-state index in [2.05, 4.69) is 0 Å². The van der Waals surface area contributed by atoms with Gasteiger partial charge in [0.15, 0.2) is 0 Å². The van der Waals surface area contributed by atoms with Crippen LogP contribution >= 0.6 is 0 Å². The van der Waals surface area contributed by atoms with Crippen LogP contribution < -0.4 is 10.5 Å². The second-order valence-electron chi connectivity index (χ2n) is 3.20. The molecule has 1 heterocycles. The highest BCUT2D eigenvalue weighted by Gasteiger charge is 2.02. The van der Waals surface area contributed by atoms with Crippen LogP contribution in [0.5, 0.6) is 5.75 Å². The lowest BCUT2D eigenvalue weighted by atomic mass is 10.3. The SMILES string of the molecule is NCCOc1ccccc1-n1cccc1. The van der Waals surface area contributed by atoms with Crippen LogP contribution in [0, 0.1) is 0 Å². The van der Waals surface area contributed by atoms with Crippen molar-refractivity contribution >= 4 is 0 Å². The van der Waals surface area contributed by atoms with Gasteiger partial charge in [0.2, 0.25) is 0 Å². The molecule has 3 heteroatoms. The molecular formula is C12H14N2O. The lowest BCUT2D eigenvalue weighted by Crippen LogP contribution is -2.11. The summed E-state index contributed by atoms with van der Waals surface area (Å²) < 4.78 is 7.58. The highest BCUT2D eigenvalue weighted by molar-refractivity contribution is 5.46. The van der Waals surface area contributed by atoms with Gasteiger partial charge in [-0.3, -0.25) is 0 Å². The van der Waals surface area contributed by atoms with Crippen LogP contribution in [0.3, 0.4) is 0 Å². The first-order chi connectivity index (χ1) is 7.42. The molecule has 2 aromatic rings. The first-order valence-electron chi connectivity index (χ1n) is 4.97. The average Bonchev–Trinajstić information content (AvgIpc) is 2.80. The number of rotatable bonds is 4. The van der Waals surface area contributed by atoms with Crippen molar-refractivity contribution in [2.24, 2.45) is 5.73 Å². The lowest BCUT2D eigenvalue weighted by molar-refractivity contribution is 0.327. The van der Waals surface area contributed by atoms with Crippen molar-refractivity contribution in [3.8, 4) is 11.4 Å². The molecule has 0 aliphatic rings. The molecule has 0 spiro atoms. The molecule has 0 unspecified atom stereocenters. The quantitative estimate of drug-likeness (QED) is 0.821. The van der Waals surface area contributed by atoms with Crippen LogP contribution in [0.25, 0.3) is 5.69 Å². The second-order valence-corrected chi connectivity index (χ2v) is 3.20. The summed E-state index contributed by atoms with van der Waals surface area (Å²) in [6, 6.07) is 11.9. The molecule has 0 aliphatic heterocycles. The zero-order valence-electron chi connectivity index (χ0n) is 8.47. The molecule has 1 aromatic carbocycles. The third kappa shape index (κ3) is 2.19. The Kier molecular flexibility index (Phi) is 3.05. The van der Waals surface area contributed by atoms with Gasteiger partial charge in [0.05, 0.1) is 5.69 Å². The van der Waals surface area contributed by atoms with Gasteiger partial charge in [-0.2, -0.15) is 0 Å². The molecule has 0 amide bonds. The van der Waals surface area contributed by atoms with E-state index in [4.69, 9.17) is 10.5 Å². The van der Waals surface area contributed by atoms with Crippen molar-refractivity contribution in [3.63, 3.8) is 0 Å². The van der Waals surface area contributed by atoms with Gasteiger partial charge in [0.1, 0.15) is 12.4 Å². The molecule has 0 saturated heterocycles. The summed E-state index contributed by atoms with van der Waals surface area (Å²) in [7, 11) is 0. The Bertz CT molecular complexity index is 409. The molecule has 2 N–H and O–H groups in total. The molecule has 1 aromatic heterocycles. The minimum Gasteiger partial charge on any atom is -0.490 e. The summed E-state index contributed by atoms with van der Waals surface area (Å²) in [5.74, 6) is 0.860. The van der Waals surface area contributed by atoms with Gasteiger partial charge in [-0.15, -0.1) is 0 Å². The Balaban J connectivity index is 2.30. The summed E-state index contributed by atoms with van der Waals surface area (Å²) in [4.78, 5) is 0. The van der Waals surface area contributed by atoms with Crippen molar-refractivity contribution in [2.45, 2.75) is 0 Å². The Labute approximate surface area is 89.1 Å². The predicted octanol–water partition coefficient (Wildman–Crippen LogP) is 1.81. The van der Waals surface area contributed by atoms with Crippen LogP contribution in [0.15, 0.2) is 48.8 Å². The molecule has 78 valence electrons. The fraction of sp³-hybridized carbons (Fsp3) is 0.167. The molecule has 0 saturated carbocycles. The fourth-order valence-electron chi connectivity index (χ4n) is 1.46. The van der Waals surface area contributed by atoms with Gasteiger partial charge >= 0.3 is 0 Å². The number of nitrogens with zero attached hydrogens (tertiary/aromatic N) is 1. The highest BCUT2D eigenvalue weighted by Crippen LogP contribution is 2.22. The number of benzene rings is 1. The van der Waals surface area contributed by atoms with E-state index in [9.17, 15) is 0 Å². The summed E-state index contributed by atoms with van der Waals surface area (Å²) in [6.45, 7) is 1.07. The Morgan fingerprint density at radius 3 is 2.53 bits per heavy atom. The Morgan fingerprint density at radius 1 is 1.07 bits per heavy atom. The van der Waals surface area contributed by atoms with E-state index < -0.39 is 0 Å². The van der Waals surface area contributed by atoms with E-state index in [0.29, 0.717) is 13.2 Å². The maximum Gasteiger partial charge on any atom is 0.143 e. The van der Waals surface area contributed by atoms with E-state index in [1.165, 1.54) is 0 Å². The van der Waals surface area contributed by atoms with Gasteiger partial charge in [-0.25, -0.2) is 0 Å². The first kappa shape index (κ1) is 9.80. The summed E-state index contributed by atoms with van der Waals surface area (Å²) >= 11 is 0. The minimum atomic E-state index is 0.528. The third-order valence-corrected chi connectivity index (χ3v) is 2.12. The first-order valence-corrected chi connectivity index (χ1v) is 4.97. The van der Waals surface area contributed by atoms with Crippen molar-refractivity contribution in [3.05, 3.63) is 48.8 Å². The van der Waals surface area contributed by atoms with E-state index in [-0.39, 0.29) is 0 Å². The number of hydrogen-bond donors (Lipinski definition) is 1. The standard InChI is InChI=1S/C12H14N2O/c13-7-10-15-12-6-2-1-5-11(12)14-8-3-4-9-14/h1-6,8-9H,7,10,13H2. The van der Waals surface area contributed by atoms with Gasteiger partial charge in [-0.05, 0) is 24.3 Å². The largest absolute Gasteiger partial charge is 0.490 e. The van der Waals surface area contributed by atoms with Crippen LogP contribution in [-0.4, -0.2) is 17.7 Å². The van der Waals surface area contributed by atoms with Crippen molar-refractivity contribution in [1.82, 2.24) is 4.57 Å². The molecule has 0 aliphatic carbocycles. The maximum absolute atomic E-state index is 5.56. The zero-order valence-corrected chi connectivity index (χ0v) is 8.47. The second kappa shape index (κ2) is 4.66. The van der Waals surface area contributed by atoms with Gasteiger partial charge in [0.25, 0.3) is 0 Å². The van der Waals surface area contributed by atoms with Crippen molar-refractivity contribution in [2.75, 3.05) is 13.2 Å². The topological polar surface area (TPSA) is 40.2 Å². The third-order valence-electron chi connectivity index (χ3n) is 2.12. The Hall–Kier alpha value is -1.74. The van der Waals surface area contributed by atoms with Gasteiger partial charge < -0.3 is 15.0 Å². The van der Waals surface area contributed by atoms with Crippen molar-refractivity contribution < 1.29 is 4.74 Å². The van der Waals surface area contributed by atoms with E-state index in [1.807, 2.05) is 53.4 Å². The monoisotopic (exact) mass is 202 g/mol. The number of ether oxygens (including phenoxy) is 1. The van der Waals surface area contributed by atoms with Crippen LogP contribution in [0.1, 0.15) is 0 Å². The molecule has 0 bridgehead atoms. The van der Waals surface area contributed by atoms with Crippen LogP contribution in [0.4, 0.5) is 0 Å². The summed E-state index contributed by atoms with van der Waals surface area (Å²) in [5.41, 5.74) is 6.45. The predicted molar refractivity (Wildman–Crippen MR) is 60.3 cm³/mol. The van der Waals surface area contributed by atoms with E-state index >= 15 is 0 Å². The summed E-state index contributed by atoms with van der Waals surface area (Å²) in [6.07, 6.45) is 3.98. The van der Waals surface area contributed by atoms with E-state index in [0.717, 1.165) is 11.4 Å². The summed E-state index contributed by atoms with van der Waals surface area (Å²) in [5, 5.41) is 0. The number of hydrogen-bond acceptors (Lipinski definition) is 2. The highest BCUT2D eigenvalue weighted by atomic mass is 16.5. The fourth-order valence-corrected chi connectivity index (χ4v) is 1.46. The maximum atomic E-state index is 5.56.